The number of hydrogen-bond donors (Lipinski definition) is 0. The second-order valence-corrected chi connectivity index (χ2v) is 9.68. The van der Waals surface area contributed by atoms with E-state index in [0.717, 1.165) is 36.1 Å². The molecule has 1 fully saturated rings. The Morgan fingerprint density at radius 1 is 1.29 bits per heavy atom. The zero-order valence-corrected chi connectivity index (χ0v) is 19.6. The molecule has 2 heterocycles. The molecule has 0 radical (unpaired) electrons. The average Bonchev–Trinajstić information content (AvgIpc) is 3.42. The normalized spacial score (nSPS) is 16.6. The van der Waals surface area contributed by atoms with Gasteiger partial charge >= 0.3 is 0 Å². The summed E-state index contributed by atoms with van der Waals surface area (Å²) in [5.74, 6) is 0.451. The van der Waals surface area contributed by atoms with Gasteiger partial charge in [-0.1, -0.05) is 42.0 Å². The van der Waals surface area contributed by atoms with E-state index in [1.165, 1.54) is 16.9 Å². The van der Waals surface area contributed by atoms with Crippen LogP contribution in [0.15, 0.2) is 42.5 Å². The van der Waals surface area contributed by atoms with Crippen molar-refractivity contribution in [3.63, 3.8) is 0 Å². The van der Waals surface area contributed by atoms with Crippen molar-refractivity contribution < 1.29 is 14.3 Å². The number of aromatic nitrogens is 1. The van der Waals surface area contributed by atoms with E-state index in [0.29, 0.717) is 22.4 Å². The highest BCUT2D eigenvalue weighted by Gasteiger charge is 2.38. The first-order chi connectivity index (χ1) is 14.9. The maximum absolute atomic E-state index is 13.7. The summed E-state index contributed by atoms with van der Waals surface area (Å²) in [5, 5.41) is 1.31. The number of anilines is 1. The number of rotatable bonds is 7. The van der Waals surface area contributed by atoms with Crippen molar-refractivity contribution in [1.29, 1.82) is 0 Å². The minimum Gasteiger partial charge on any atom is -0.478 e. The van der Waals surface area contributed by atoms with Crippen LogP contribution in [0, 0.1) is 0 Å². The minimum absolute atomic E-state index is 0.00735. The third-order valence-electron chi connectivity index (χ3n) is 5.46. The molecule has 3 aromatic rings. The van der Waals surface area contributed by atoms with Gasteiger partial charge in [0, 0.05) is 11.6 Å². The molecule has 2 aromatic carbocycles. The molecule has 1 aliphatic heterocycles. The lowest BCUT2D eigenvalue weighted by Crippen LogP contribution is -2.51. The molecular formula is C24H27ClN2O3S. The van der Waals surface area contributed by atoms with Gasteiger partial charge in [-0.15, -0.1) is 0 Å². The second kappa shape index (κ2) is 9.15. The molecule has 164 valence electrons. The van der Waals surface area contributed by atoms with Gasteiger partial charge in [-0.3, -0.25) is 9.69 Å². The van der Waals surface area contributed by atoms with Crippen molar-refractivity contribution in [1.82, 2.24) is 4.98 Å². The molecule has 1 amide bonds. The molecule has 31 heavy (non-hydrogen) atoms. The van der Waals surface area contributed by atoms with Crippen LogP contribution in [0.5, 0.6) is 5.75 Å². The molecule has 0 bridgehead atoms. The Morgan fingerprint density at radius 3 is 2.74 bits per heavy atom. The Labute approximate surface area is 191 Å². The average molecular weight is 459 g/mol. The van der Waals surface area contributed by atoms with Crippen LogP contribution >= 0.6 is 22.9 Å². The summed E-state index contributed by atoms with van der Waals surface area (Å²) in [7, 11) is 0. The summed E-state index contributed by atoms with van der Waals surface area (Å²) < 4.78 is 13.0. The van der Waals surface area contributed by atoms with Gasteiger partial charge in [0.15, 0.2) is 10.7 Å². The van der Waals surface area contributed by atoms with Crippen LogP contribution in [-0.2, 0) is 16.0 Å². The van der Waals surface area contributed by atoms with E-state index in [4.69, 9.17) is 26.1 Å². The van der Waals surface area contributed by atoms with Gasteiger partial charge in [-0.2, -0.15) is 0 Å². The largest absolute Gasteiger partial charge is 0.478 e. The minimum atomic E-state index is -1.09. The van der Waals surface area contributed by atoms with Gasteiger partial charge in [0.2, 0.25) is 0 Å². The molecule has 5 nitrogen and oxygen atoms in total. The molecule has 1 atom stereocenters. The number of carbonyl (C=O) groups is 1. The molecule has 1 aliphatic rings. The number of thiazole rings is 1. The van der Waals surface area contributed by atoms with Crippen LogP contribution < -0.4 is 9.64 Å². The molecule has 7 heteroatoms. The number of para-hydroxylation sites is 1. The van der Waals surface area contributed by atoms with E-state index < -0.39 is 5.60 Å². The molecule has 1 aromatic heterocycles. The first kappa shape index (κ1) is 22.1. The molecule has 0 spiro atoms. The van der Waals surface area contributed by atoms with E-state index >= 15 is 0 Å². The van der Waals surface area contributed by atoms with Gasteiger partial charge in [0.1, 0.15) is 5.75 Å². The summed E-state index contributed by atoms with van der Waals surface area (Å²) >= 11 is 7.52. The number of nitrogens with zero attached hydrogens (tertiary/aromatic N) is 2. The molecule has 4 rings (SSSR count). The summed E-state index contributed by atoms with van der Waals surface area (Å²) in [5.41, 5.74) is 1.06. The molecule has 1 unspecified atom stereocenters. The van der Waals surface area contributed by atoms with Crippen molar-refractivity contribution in [3.8, 4) is 5.75 Å². The highest BCUT2D eigenvalue weighted by molar-refractivity contribution is 7.22. The van der Waals surface area contributed by atoms with Crippen molar-refractivity contribution in [2.75, 3.05) is 18.1 Å². The Kier molecular flexibility index (Phi) is 6.51. The summed E-state index contributed by atoms with van der Waals surface area (Å²) in [6.45, 7) is 6.89. The van der Waals surface area contributed by atoms with Crippen molar-refractivity contribution in [3.05, 3.63) is 53.1 Å². The van der Waals surface area contributed by atoms with Crippen LogP contribution in [0.4, 0.5) is 5.13 Å². The molecular weight excluding hydrogens is 432 g/mol. The fraction of sp³-hybridized carbons (Fsp3) is 0.417. The van der Waals surface area contributed by atoms with Crippen molar-refractivity contribution >= 4 is 44.2 Å². The number of fused-ring (bicyclic) bond motifs is 1. The number of aryl methyl sites for hydroxylation is 1. The molecule has 0 aliphatic carbocycles. The van der Waals surface area contributed by atoms with Gasteiger partial charge in [0.05, 0.1) is 22.9 Å². The van der Waals surface area contributed by atoms with Crippen LogP contribution in [0.1, 0.15) is 39.2 Å². The standard InChI is InChI=1S/C24H27ClN2O3S/c1-4-16-7-5-9-20-21(16)26-23(31-20)27(15-19-8-6-14-29-19)22(28)24(2,3)30-18-12-10-17(25)11-13-18/h5,7,9-13,19H,4,6,8,14-15H2,1-3H3. The lowest BCUT2D eigenvalue weighted by molar-refractivity contribution is -0.131. The topological polar surface area (TPSA) is 51.7 Å². The number of carbonyl (C=O) groups excluding carboxylic acids is 1. The van der Waals surface area contributed by atoms with E-state index in [1.807, 2.05) is 6.07 Å². The number of benzene rings is 2. The zero-order valence-electron chi connectivity index (χ0n) is 18.1. The van der Waals surface area contributed by atoms with Crippen LogP contribution in [0.3, 0.4) is 0 Å². The fourth-order valence-corrected chi connectivity index (χ4v) is 4.95. The van der Waals surface area contributed by atoms with Gasteiger partial charge < -0.3 is 9.47 Å². The number of amides is 1. The van der Waals surface area contributed by atoms with E-state index in [9.17, 15) is 4.79 Å². The Bertz CT molecular complexity index is 1060. The van der Waals surface area contributed by atoms with Gasteiger partial charge in [0.25, 0.3) is 5.91 Å². The molecule has 1 saturated heterocycles. The summed E-state index contributed by atoms with van der Waals surface area (Å²) in [4.78, 5) is 20.4. The third kappa shape index (κ3) is 4.86. The van der Waals surface area contributed by atoms with Crippen LogP contribution in [0.2, 0.25) is 5.02 Å². The summed E-state index contributed by atoms with van der Waals surface area (Å²) in [6, 6.07) is 13.2. The van der Waals surface area contributed by atoms with Gasteiger partial charge in [-0.05, 0) is 69.0 Å². The predicted molar refractivity (Wildman–Crippen MR) is 126 cm³/mol. The number of hydrogen-bond acceptors (Lipinski definition) is 5. The third-order valence-corrected chi connectivity index (χ3v) is 6.76. The number of halogens is 1. The highest BCUT2D eigenvalue weighted by atomic mass is 35.5. The van der Waals surface area contributed by atoms with Gasteiger partial charge in [-0.25, -0.2) is 4.98 Å². The molecule has 0 N–H and O–H groups in total. The van der Waals surface area contributed by atoms with Crippen LogP contribution in [0.25, 0.3) is 10.2 Å². The smallest absolute Gasteiger partial charge is 0.272 e. The Hall–Kier alpha value is -2.15. The van der Waals surface area contributed by atoms with E-state index in [-0.39, 0.29) is 12.0 Å². The Morgan fingerprint density at radius 2 is 2.06 bits per heavy atom. The summed E-state index contributed by atoms with van der Waals surface area (Å²) in [6.07, 6.45) is 2.85. The molecule has 0 saturated carbocycles. The first-order valence-corrected chi connectivity index (χ1v) is 11.8. The zero-order chi connectivity index (χ0) is 22.0. The lowest BCUT2D eigenvalue weighted by Gasteiger charge is -2.32. The second-order valence-electron chi connectivity index (χ2n) is 8.23. The van der Waals surface area contributed by atoms with Crippen molar-refractivity contribution in [2.24, 2.45) is 0 Å². The van der Waals surface area contributed by atoms with Crippen molar-refractivity contribution in [2.45, 2.75) is 51.7 Å². The Balaban J connectivity index is 1.66. The predicted octanol–water partition coefficient (Wildman–Crippen LogP) is 5.88. The monoisotopic (exact) mass is 458 g/mol. The van der Waals surface area contributed by atoms with E-state index in [2.05, 4.69) is 19.1 Å². The fourth-order valence-electron chi connectivity index (χ4n) is 3.80. The maximum atomic E-state index is 13.7. The number of ether oxygens (including phenoxy) is 2. The SMILES string of the molecule is CCc1cccc2sc(N(CC3CCCO3)C(=O)C(C)(C)Oc3ccc(Cl)cc3)nc12. The lowest BCUT2D eigenvalue weighted by atomic mass is 10.1. The highest BCUT2D eigenvalue weighted by Crippen LogP contribution is 2.34. The first-order valence-electron chi connectivity index (χ1n) is 10.6. The van der Waals surface area contributed by atoms with E-state index in [1.54, 1.807) is 43.0 Å². The maximum Gasteiger partial charge on any atom is 0.272 e. The van der Waals surface area contributed by atoms with Crippen LogP contribution in [-0.4, -0.2) is 35.7 Å². The quantitative estimate of drug-likeness (QED) is 0.443.